The van der Waals surface area contributed by atoms with Gasteiger partial charge in [-0.3, -0.25) is 4.79 Å². The molecular weight excluding hydrogens is 264 g/mol. The summed E-state index contributed by atoms with van der Waals surface area (Å²) in [6.07, 6.45) is 1.64. The van der Waals surface area contributed by atoms with Gasteiger partial charge >= 0.3 is 0 Å². The highest BCUT2D eigenvalue weighted by molar-refractivity contribution is 7.10. The van der Waals surface area contributed by atoms with Crippen molar-refractivity contribution in [1.82, 2.24) is 5.43 Å². The Kier molecular flexibility index (Phi) is 4.28. The van der Waals surface area contributed by atoms with Gasteiger partial charge in [-0.15, -0.1) is 11.3 Å². The molecule has 2 heterocycles. The Morgan fingerprint density at radius 1 is 1.44 bits per heavy atom. The Bertz CT molecular complexity index is 541. The van der Waals surface area contributed by atoms with E-state index >= 15 is 0 Å². The predicted octanol–water partition coefficient (Wildman–Crippen LogP) is 3.70. The van der Waals surface area contributed by atoms with Gasteiger partial charge in [0, 0.05) is 15.8 Å². The fraction of sp³-hybridized carbons (Fsp3) is 0.231. The van der Waals surface area contributed by atoms with Gasteiger partial charge in [0.25, 0.3) is 5.91 Å². The molecule has 0 atom stereocenters. The summed E-state index contributed by atoms with van der Waals surface area (Å²) in [5.41, 5.74) is 4.20. The van der Waals surface area contributed by atoms with E-state index in [0.29, 0.717) is 11.5 Å². The zero-order chi connectivity index (χ0) is 13.0. The second-order valence-electron chi connectivity index (χ2n) is 4.15. The second-order valence-corrected chi connectivity index (χ2v) is 5.87. The lowest BCUT2D eigenvalue weighted by Gasteiger charge is -1.98. The summed E-state index contributed by atoms with van der Waals surface area (Å²) in [5.74, 6) is 0.287. The Morgan fingerprint density at radius 2 is 2.28 bits per heavy atom. The van der Waals surface area contributed by atoms with E-state index in [2.05, 4.69) is 24.4 Å². The molecule has 94 valence electrons. The topological polar surface area (TPSA) is 41.5 Å². The van der Waals surface area contributed by atoms with E-state index in [9.17, 15) is 4.79 Å². The van der Waals surface area contributed by atoms with Crippen LogP contribution in [0, 0.1) is 0 Å². The van der Waals surface area contributed by atoms with Crippen molar-refractivity contribution in [1.29, 1.82) is 0 Å². The van der Waals surface area contributed by atoms with Gasteiger partial charge in [-0.05, 0) is 28.8 Å². The molecule has 2 aromatic heterocycles. The van der Waals surface area contributed by atoms with Gasteiger partial charge < -0.3 is 0 Å². The van der Waals surface area contributed by atoms with Crippen LogP contribution in [0.1, 0.15) is 40.6 Å². The smallest absolute Gasteiger partial charge is 0.267 e. The van der Waals surface area contributed by atoms with Gasteiger partial charge in [0.2, 0.25) is 0 Å². The van der Waals surface area contributed by atoms with Crippen molar-refractivity contribution in [2.45, 2.75) is 19.8 Å². The molecule has 0 unspecified atom stereocenters. The first kappa shape index (κ1) is 13.0. The lowest BCUT2D eigenvalue weighted by molar-refractivity contribution is 0.0955. The Labute approximate surface area is 114 Å². The molecule has 0 aromatic carbocycles. The minimum absolute atomic E-state index is 0.162. The molecule has 1 amide bonds. The number of carbonyl (C=O) groups excluding carboxylic acids is 1. The average molecular weight is 278 g/mol. The number of nitrogens with one attached hydrogen (secondary N) is 1. The van der Waals surface area contributed by atoms with Crippen LogP contribution >= 0.6 is 22.7 Å². The van der Waals surface area contributed by atoms with E-state index in [1.807, 2.05) is 28.3 Å². The number of thiophene rings is 2. The van der Waals surface area contributed by atoms with Crippen molar-refractivity contribution in [3.8, 4) is 0 Å². The summed E-state index contributed by atoms with van der Waals surface area (Å²) in [6, 6.07) is 3.87. The number of nitrogens with zero attached hydrogens (tertiary/aromatic N) is 1. The number of carbonyl (C=O) groups is 1. The summed E-state index contributed by atoms with van der Waals surface area (Å²) in [6.45, 7) is 4.23. The third-order valence-corrected chi connectivity index (χ3v) is 4.31. The van der Waals surface area contributed by atoms with Gasteiger partial charge in [0.15, 0.2) is 0 Å². The monoisotopic (exact) mass is 278 g/mol. The molecule has 0 spiro atoms. The molecule has 0 aliphatic heterocycles. The fourth-order valence-electron chi connectivity index (χ4n) is 1.35. The van der Waals surface area contributed by atoms with Crippen LogP contribution in [0.3, 0.4) is 0 Å². The minimum atomic E-state index is -0.162. The molecule has 0 fully saturated rings. The van der Waals surface area contributed by atoms with Crippen LogP contribution in [0.4, 0.5) is 0 Å². The van der Waals surface area contributed by atoms with E-state index in [0.717, 1.165) is 5.56 Å². The predicted molar refractivity (Wildman–Crippen MR) is 77.8 cm³/mol. The molecular formula is C13H14N2OS2. The molecule has 18 heavy (non-hydrogen) atoms. The van der Waals surface area contributed by atoms with Gasteiger partial charge in [0.1, 0.15) is 0 Å². The third-order valence-electron chi connectivity index (χ3n) is 2.37. The van der Waals surface area contributed by atoms with Gasteiger partial charge in [-0.2, -0.15) is 16.4 Å². The number of hydrogen-bond donors (Lipinski definition) is 1. The summed E-state index contributed by atoms with van der Waals surface area (Å²) in [4.78, 5) is 13.0. The number of amides is 1. The summed E-state index contributed by atoms with van der Waals surface area (Å²) >= 11 is 3.21. The zero-order valence-corrected chi connectivity index (χ0v) is 11.8. The van der Waals surface area contributed by atoms with Gasteiger partial charge in [0.05, 0.1) is 11.8 Å². The highest BCUT2D eigenvalue weighted by Crippen LogP contribution is 2.22. The molecule has 2 rings (SSSR count). The zero-order valence-electron chi connectivity index (χ0n) is 10.2. The Hall–Kier alpha value is -1.46. The summed E-state index contributed by atoms with van der Waals surface area (Å²) in [5, 5.41) is 9.74. The van der Waals surface area contributed by atoms with Gasteiger partial charge in [-0.1, -0.05) is 13.8 Å². The quantitative estimate of drug-likeness (QED) is 0.672. The van der Waals surface area contributed by atoms with Crippen LogP contribution < -0.4 is 5.43 Å². The highest BCUT2D eigenvalue weighted by atomic mass is 32.1. The molecule has 0 radical (unpaired) electrons. The highest BCUT2D eigenvalue weighted by Gasteiger charge is 2.09. The third kappa shape index (κ3) is 3.27. The number of hydrazone groups is 1. The largest absolute Gasteiger partial charge is 0.272 e. The standard InChI is InChI=1S/C13H14N2OS2/c1-9(2)12-5-11(8-18-12)13(16)15-14-6-10-3-4-17-7-10/h3-9H,1-2H3,(H,15,16)/b14-6-. The van der Waals surface area contributed by atoms with Crippen LogP contribution in [0.25, 0.3) is 0 Å². The lowest BCUT2D eigenvalue weighted by Crippen LogP contribution is -2.16. The molecule has 1 N–H and O–H groups in total. The molecule has 0 saturated carbocycles. The van der Waals surface area contributed by atoms with Crippen molar-refractivity contribution in [3.05, 3.63) is 44.3 Å². The van der Waals surface area contributed by atoms with Crippen LogP contribution in [0.5, 0.6) is 0 Å². The SMILES string of the molecule is CC(C)c1cc(C(=O)N/N=C\c2ccsc2)cs1. The van der Waals surface area contributed by atoms with Crippen LogP contribution in [0.2, 0.25) is 0 Å². The summed E-state index contributed by atoms with van der Waals surface area (Å²) in [7, 11) is 0. The van der Waals surface area contributed by atoms with Crippen LogP contribution in [-0.2, 0) is 0 Å². The summed E-state index contributed by atoms with van der Waals surface area (Å²) < 4.78 is 0. The maximum Gasteiger partial charge on any atom is 0.272 e. The second kappa shape index (κ2) is 5.93. The molecule has 0 saturated heterocycles. The van der Waals surface area contributed by atoms with Crippen molar-refractivity contribution < 1.29 is 4.79 Å². The first-order chi connectivity index (χ1) is 8.66. The van der Waals surface area contributed by atoms with Gasteiger partial charge in [-0.25, -0.2) is 5.43 Å². The average Bonchev–Trinajstić information content (AvgIpc) is 2.99. The molecule has 5 heteroatoms. The first-order valence-electron chi connectivity index (χ1n) is 5.61. The van der Waals surface area contributed by atoms with Crippen molar-refractivity contribution in [3.63, 3.8) is 0 Å². The normalized spacial score (nSPS) is 11.3. The maximum atomic E-state index is 11.8. The lowest BCUT2D eigenvalue weighted by atomic mass is 10.1. The van der Waals surface area contributed by atoms with Crippen molar-refractivity contribution >= 4 is 34.8 Å². The first-order valence-corrected chi connectivity index (χ1v) is 7.43. The number of hydrogen-bond acceptors (Lipinski definition) is 4. The maximum absolute atomic E-state index is 11.8. The van der Waals surface area contributed by atoms with Crippen molar-refractivity contribution in [2.75, 3.05) is 0 Å². The molecule has 0 bridgehead atoms. The van der Waals surface area contributed by atoms with E-state index in [1.165, 1.54) is 4.88 Å². The fourth-order valence-corrected chi connectivity index (χ4v) is 2.87. The van der Waals surface area contributed by atoms with Crippen molar-refractivity contribution in [2.24, 2.45) is 5.10 Å². The minimum Gasteiger partial charge on any atom is -0.267 e. The van der Waals surface area contributed by atoms with Crippen LogP contribution in [-0.4, -0.2) is 12.1 Å². The van der Waals surface area contributed by atoms with E-state index < -0.39 is 0 Å². The van der Waals surface area contributed by atoms with E-state index in [1.54, 1.807) is 28.9 Å². The Balaban J connectivity index is 1.95. The number of rotatable bonds is 4. The molecule has 0 aliphatic carbocycles. The molecule has 3 nitrogen and oxygen atoms in total. The van der Waals surface area contributed by atoms with E-state index in [4.69, 9.17) is 0 Å². The van der Waals surface area contributed by atoms with E-state index in [-0.39, 0.29) is 5.91 Å². The molecule has 2 aromatic rings. The Morgan fingerprint density at radius 3 is 2.89 bits per heavy atom. The molecule has 0 aliphatic rings. The van der Waals surface area contributed by atoms with Crippen LogP contribution in [0.15, 0.2) is 33.4 Å².